The number of urea groups is 1. The molecule has 262 valence electrons. The maximum atomic E-state index is 13.4. The van der Waals surface area contributed by atoms with Crippen molar-refractivity contribution in [3.05, 3.63) is 83.4 Å². The predicted molar refractivity (Wildman–Crippen MR) is 192 cm³/mol. The third-order valence-corrected chi connectivity index (χ3v) is 9.05. The molecule has 6 N–H and O–H groups in total. The van der Waals surface area contributed by atoms with Gasteiger partial charge in [-0.2, -0.15) is 5.10 Å². The molecule has 0 spiro atoms. The summed E-state index contributed by atoms with van der Waals surface area (Å²) in [6.07, 6.45) is 9.92. The molecule has 2 aromatic heterocycles. The number of nitrogens with one attached hydrogen (secondary N) is 4. The Balaban J connectivity index is 1.28. The molecule has 49 heavy (non-hydrogen) atoms. The molecule has 5 rings (SSSR count). The molecule has 2 amide bonds. The first-order valence-electron chi connectivity index (χ1n) is 16.9. The number of hydrogen-bond acceptors (Lipinski definition) is 8. The van der Waals surface area contributed by atoms with Gasteiger partial charge in [0.05, 0.1) is 24.6 Å². The lowest BCUT2D eigenvalue weighted by atomic mass is 9.85. The molecule has 1 fully saturated rings. The molecule has 2 unspecified atom stereocenters. The number of aromatic nitrogens is 3. The van der Waals surface area contributed by atoms with Gasteiger partial charge in [0.2, 0.25) is 5.96 Å². The van der Waals surface area contributed by atoms with Crippen LogP contribution in [0.25, 0.3) is 0 Å². The zero-order chi connectivity index (χ0) is 35.3. The van der Waals surface area contributed by atoms with Gasteiger partial charge in [0.25, 0.3) is 0 Å². The number of aryl methyl sites for hydroxylation is 1. The Bertz CT molecular complexity index is 1760. The molecule has 0 bridgehead atoms. The highest BCUT2D eigenvalue weighted by molar-refractivity contribution is 6.05. The normalized spacial score (nSPS) is 19.0. The second kappa shape index (κ2) is 15.1. The number of ether oxygens (including phenoxy) is 1. The quantitative estimate of drug-likeness (QED) is 0.182. The first-order chi connectivity index (χ1) is 23.3. The Morgan fingerprint density at radius 3 is 2.47 bits per heavy atom. The molecule has 0 radical (unpaired) electrons. The minimum Gasteiger partial charge on any atom is -0.484 e. The second-order valence-corrected chi connectivity index (χ2v) is 14.3. The minimum absolute atomic E-state index is 0.234. The van der Waals surface area contributed by atoms with Crippen LogP contribution in [0.2, 0.25) is 0 Å². The van der Waals surface area contributed by atoms with Gasteiger partial charge in [-0.1, -0.05) is 45.0 Å². The van der Waals surface area contributed by atoms with Crippen LogP contribution < -0.4 is 26.6 Å². The highest BCUT2D eigenvalue weighted by Crippen LogP contribution is 2.38. The zero-order valence-corrected chi connectivity index (χ0v) is 29.5. The maximum Gasteiger partial charge on any atom is 0.320 e. The lowest BCUT2D eigenvalue weighted by Crippen LogP contribution is -2.45. The lowest BCUT2D eigenvalue weighted by Gasteiger charge is -2.35. The van der Waals surface area contributed by atoms with E-state index in [0.29, 0.717) is 47.7 Å². The lowest BCUT2D eigenvalue weighted by molar-refractivity contribution is 0.170. The minimum atomic E-state index is -0.392. The van der Waals surface area contributed by atoms with E-state index in [1.807, 2.05) is 49.9 Å². The average molecular weight is 670 g/mol. The standard InChI is InChI=1S/C36H51N11O2/c1-36(2,3)31(37)19-33(41-25-20-40-45(6)22-25)43-35(48)42-29-12-13-30(28-10-8-7-9-27(28)29)49-26-11-14-32(38)47(23-26)34(39)46-17-15-24(16-18-46)21-44(4)5/h7-11,14,19-20,22-24,29-30,38-39H,12-13,15-18,21,37H2,1-6H3,(H2,41,42,43,48). The summed E-state index contributed by atoms with van der Waals surface area (Å²) in [5.41, 5.74) is 9.41. The van der Waals surface area contributed by atoms with Crippen LogP contribution >= 0.6 is 0 Å². The Kier molecular flexibility index (Phi) is 10.9. The van der Waals surface area contributed by atoms with Crippen LogP contribution in [0, 0.1) is 22.2 Å². The molecule has 13 heteroatoms. The largest absolute Gasteiger partial charge is 0.484 e. The molecule has 1 saturated heterocycles. The number of nitrogens with two attached hydrogens (primary N) is 1. The fraction of sp³-hybridized carbons (Fsp3) is 0.472. The first-order valence-corrected chi connectivity index (χ1v) is 16.9. The van der Waals surface area contributed by atoms with Gasteiger partial charge in [0.1, 0.15) is 28.9 Å². The number of carbonyl (C=O) groups excluding carboxylic acids is 1. The van der Waals surface area contributed by atoms with Crippen molar-refractivity contribution in [2.24, 2.45) is 29.1 Å². The second-order valence-electron chi connectivity index (χ2n) is 14.3. The van der Waals surface area contributed by atoms with Gasteiger partial charge >= 0.3 is 6.03 Å². The molecule has 1 aliphatic carbocycles. The van der Waals surface area contributed by atoms with Crippen LogP contribution in [-0.2, 0) is 7.05 Å². The fourth-order valence-corrected chi connectivity index (χ4v) is 6.29. The molecule has 2 aliphatic rings. The molecular formula is C36H51N11O2. The summed E-state index contributed by atoms with van der Waals surface area (Å²) < 4.78 is 9.77. The van der Waals surface area contributed by atoms with Crippen molar-refractivity contribution in [3.63, 3.8) is 0 Å². The summed E-state index contributed by atoms with van der Waals surface area (Å²) in [6.45, 7) is 8.64. The van der Waals surface area contributed by atoms with Gasteiger partial charge in [-0.25, -0.2) is 9.79 Å². The van der Waals surface area contributed by atoms with Crippen molar-refractivity contribution in [1.82, 2.24) is 34.8 Å². The number of likely N-dealkylation sites (tertiary alicyclic amines) is 1. The Hall–Kier alpha value is -4.91. The molecular weight excluding hydrogens is 618 g/mol. The zero-order valence-electron chi connectivity index (χ0n) is 29.5. The van der Waals surface area contributed by atoms with E-state index in [-0.39, 0.29) is 23.0 Å². The van der Waals surface area contributed by atoms with E-state index < -0.39 is 6.03 Å². The highest BCUT2D eigenvalue weighted by Gasteiger charge is 2.30. The Labute approximate surface area is 288 Å². The van der Waals surface area contributed by atoms with E-state index in [2.05, 4.69) is 39.7 Å². The van der Waals surface area contributed by atoms with Crippen molar-refractivity contribution in [2.45, 2.75) is 58.6 Å². The number of allylic oxidation sites excluding steroid dienone is 1. The van der Waals surface area contributed by atoms with Crippen molar-refractivity contribution in [1.29, 1.82) is 10.8 Å². The Morgan fingerprint density at radius 2 is 1.82 bits per heavy atom. The number of benzene rings is 1. The van der Waals surface area contributed by atoms with E-state index in [1.165, 1.54) is 0 Å². The number of aliphatic imine (C=N–C) groups is 1. The number of hydrogen-bond donors (Lipinski definition) is 5. The van der Waals surface area contributed by atoms with Crippen LogP contribution in [0.4, 0.5) is 10.5 Å². The number of amidine groups is 1. The van der Waals surface area contributed by atoms with Gasteiger partial charge < -0.3 is 25.6 Å². The van der Waals surface area contributed by atoms with Crippen molar-refractivity contribution in [3.8, 4) is 5.75 Å². The van der Waals surface area contributed by atoms with Crippen LogP contribution in [-0.4, -0.2) is 75.7 Å². The fourth-order valence-electron chi connectivity index (χ4n) is 6.29. The molecule has 0 saturated carbocycles. The number of nitrogens with zero attached hydrogens (tertiary/aromatic N) is 6. The highest BCUT2D eigenvalue weighted by atomic mass is 16.5. The molecule has 3 aromatic rings. The SMILES string of the molecule is CN(C)CC1CCN(C(=N)n2cc(OC3CCC(NC(=O)NC(C=C(N)C(C)(C)C)=Nc4cnn(C)c4)c4ccccc43)ccc2=N)CC1. The number of pyridine rings is 1. The summed E-state index contributed by atoms with van der Waals surface area (Å²) in [6, 6.07) is 10.8. The molecule has 2 atom stereocenters. The smallest absolute Gasteiger partial charge is 0.320 e. The van der Waals surface area contributed by atoms with Gasteiger partial charge in [-0.15, -0.1) is 0 Å². The summed E-state index contributed by atoms with van der Waals surface area (Å²) >= 11 is 0. The summed E-state index contributed by atoms with van der Waals surface area (Å²) in [4.78, 5) is 22.2. The number of fused-ring (bicyclic) bond motifs is 1. The monoisotopic (exact) mass is 669 g/mol. The molecule has 13 nitrogen and oxygen atoms in total. The van der Waals surface area contributed by atoms with E-state index in [1.54, 1.807) is 53.1 Å². The molecule has 3 heterocycles. The number of piperidine rings is 1. The Morgan fingerprint density at radius 1 is 1.10 bits per heavy atom. The topological polar surface area (TPSA) is 166 Å². The summed E-state index contributed by atoms with van der Waals surface area (Å²) in [7, 11) is 6.00. The maximum absolute atomic E-state index is 13.4. The average Bonchev–Trinajstić information content (AvgIpc) is 3.46. The number of rotatable bonds is 7. The first kappa shape index (κ1) is 35.4. The van der Waals surface area contributed by atoms with Crippen LogP contribution in [0.1, 0.15) is 69.7 Å². The third-order valence-electron chi connectivity index (χ3n) is 9.05. The molecule has 1 aliphatic heterocycles. The van der Waals surface area contributed by atoms with E-state index in [9.17, 15) is 4.79 Å². The summed E-state index contributed by atoms with van der Waals surface area (Å²) in [5, 5.41) is 27.6. The van der Waals surface area contributed by atoms with Crippen LogP contribution in [0.15, 0.2) is 71.8 Å². The van der Waals surface area contributed by atoms with E-state index in [0.717, 1.165) is 43.6 Å². The van der Waals surface area contributed by atoms with Crippen molar-refractivity contribution < 1.29 is 9.53 Å². The van der Waals surface area contributed by atoms with Gasteiger partial charge in [-0.05, 0) is 69.0 Å². The van der Waals surface area contributed by atoms with Crippen LogP contribution in [0.5, 0.6) is 5.75 Å². The van der Waals surface area contributed by atoms with Gasteiger partial charge in [0.15, 0.2) is 0 Å². The van der Waals surface area contributed by atoms with E-state index >= 15 is 0 Å². The van der Waals surface area contributed by atoms with E-state index in [4.69, 9.17) is 21.3 Å². The van der Waals surface area contributed by atoms with Gasteiger partial charge in [0, 0.05) is 43.9 Å². The number of carbonyl (C=O) groups is 1. The van der Waals surface area contributed by atoms with Crippen molar-refractivity contribution >= 4 is 23.5 Å². The van der Waals surface area contributed by atoms with Gasteiger partial charge in [-0.3, -0.25) is 25.4 Å². The van der Waals surface area contributed by atoms with Crippen molar-refractivity contribution in [2.75, 3.05) is 33.7 Å². The number of amides is 2. The molecule has 1 aromatic carbocycles. The predicted octanol–water partition coefficient (Wildman–Crippen LogP) is 4.63. The third kappa shape index (κ3) is 9.17. The van der Waals surface area contributed by atoms with Crippen LogP contribution in [0.3, 0.4) is 0 Å². The summed E-state index contributed by atoms with van der Waals surface area (Å²) in [5.74, 6) is 1.82.